The van der Waals surface area contributed by atoms with E-state index < -0.39 is 29.5 Å². The number of hydrogen-bond donors (Lipinski definition) is 0. The average molecular weight is 409 g/mol. The summed E-state index contributed by atoms with van der Waals surface area (Å²) in [5, 5.41) is 0.471. The van der Waals surface area contributed by atoms with Gasteiger partial charge in [-0.1, -0.05) is 11.6 Å². The summed E-state index contributed by atoms with van der Waals surface area (Å²) in [6.45, 7) is 5.01. The van der Waals surface area contributed by atoms with Crippen molar-refractivity contribution in [2.45, 2.75) is 32.5 Å². The normalized spacial score (nSPS) is 12.8. The lowest BCUT2D eigenvalue weighted by atomic mass is 10.1. The average Bonchev–Trinajstić information content (AvgIpc) is 2.89. The third-order valence-corrected chi connectivity index (χ3v) is 4.19. The van der Waals surface area contributed by atoms with E-state index in [-0.39, 0.29) is 11.4 Å². The molecule has 1 aromatic heterocycles. The Morgan fingerprint density at radius 2 is 1.89 bits per heavy atom. The number of nitrogens with zero attached hydrogens (tertiary/aromatic N) is 2. The molecule has 0 bridgehead atoms. The van der Waals surface area contributed by atoms with Crippen molar-refractivity contribution >= 4 is 28.8 Å². The van der Waals surface area contributed by atoms with Crippen LogP contribution < -0.4 is 0 Å². The number of benzene rings is 2. The van der Waals surface area contributed by atoms with E-state index in [1.165, 1.54) is 0 Å². The molecule has 0 radical (unpaired) electrons. The Labute approximate surface area is 165 Å². The molecule has 0 amide bonds. The molecule has 0 N–H and O–H groups in total. The number of imidazole rings is 1. The molecule has 1 atom stereocenters. The summed E-state index contributed by atoms with van der Waals surface area (Å²) in [6, 6.07) is 7.97. The Hall–Kier alpha value is -2.67. The summed E-state index contributed by atoms with van der Waals surface area (Å²) in [5.74, 6) is -1.20. The highest BCUT2D eigenvalue weighted by molar-refractivity contribution is 6.31. The summed E-state index contributed by atoms with van der Waals surface area (Å²) in [4.78, 5) is 16.7. The molecular formula is C20H19ClF2N2O3. The van der Waals surface area contributed by atoms with E-state index in [0.717, 1.165) is 18.2 Å². The second-order valence-electron chi connectivity index (χ2n) is 7.29. The van der Waals surface area contributed by atoms with Crippen molar-refractivity contribution < 1.29 is 23.0 Å². The molecule has 148 valence electrons. The molecule has 1 heterocycles. The van der Waals surface area contributed by atoms with Gasteiger partial charge in [0, 0.05) is 17.6 Å². The lowest BCUT2D eigenvalue weighted by Gasteiger charge is -2.23. The van der Waals surface area contributed by atoms with Crippen molar-refractivity contribution in [3.8, 4) is 0 Å². The molecule has 2 aromatic carbocycles. The fraction of sp³-hybridized carbons (Fsp3) is 0.300. The molecule has 1 unspecified atom stereocenters. The number of ether oxygens (including phenoxy) is 2. The second-order valence-corrected chi connectivity index (χ2v) is 7.73. The van der Waals surface area contributed by atoms with Crippen LogP contribution in [0.4, 0.5) is 13.6 Å². The lowest BCUT2D eigenvalue weighted by Crippen LogP contribution is -2.26. The van der Waals surface area contributed by atoms with Crippen molar-refractivity contribution in [3.05, 3.63) is 64.4 Å². The van der Waals surface area contributed by atoms with E-state index in [2.05, 4.69) is 4.98 Å². The Kier molecular flexibility index (Phi) is 5.30. The summed E-state index contributed by atoms with van der Waals surface area (Å²) >= 11 is 6.02. The highest BCUT2D eigenvalue weighted by Gasteiger charge is 2.30. The van der Waals surface area contributed by atoms with Crippen LogP contribution in [0, 0.1) is 11.6 Å². The van der Waals surface area contributed by atoms with Gasteiger partial charge in [0.25, 0.3) is 0 Å². The second kappa shape index (κ2) is 7.39. The summed E-state index contributed by atoms with van der Waals surface area (Å²) in [7, 11) is 1.68. The maximum Gasteiger partial charge on any atom is 0.509 e. The van der Waals surface area contributed by atoms with Crippen molar-refractivity contribution in [1.82, 2.24) is 9.55 Å². The molecule has 0 aliphatic carbocycles. The van der Waals surface area contributed by atoms with Crippen LogP contribution in [0.5, 0.6) is 0 Å². The molecule has 5 nitrogen and oxygen atoms in total. The van der Waals surface area contributed by atoms with Crippen LogP contribution in [0.2, 0.25) is 5.02 Å². The zero-order chi connectivity index (χ0) is 20.6. The first-order valence-electron chi connectivity index (χ1n) is 8.51. The van der Waals surface area contributed by atoms with Crippen LogP contribution in [0.25, 0.3) is 11.0 Å². The van der Waals surface area contributed by atoms with Crippen LogP contribution >= 0.6 is 11.6 Å². The number of fused-ring (bicyclic) bond motifs is 1. The Morgan fingerprint density at radius 1 is 1.18 bits per heavy atom. The SMILES string of the molecule is Cn1c(C(OC(=O)OC(C)(C)C)c2cc(F)ccc2F)nc2cc(Cl)ccc21. The Balaban J connectivity index is 2.12. The van der Waals surface area contributed by atoms with Gasteiger partial charge in [-0.3, -0.25) is 0 Å². The maximum atomic E-state index is 14.5. The predicted molar refractivity (Wildman–Crippen MR) is 101 cm³/mol. The molecular weight excluding hydrogens is 390 g/mol. The molecule has 0 aliphatic heterocycles. The van der Waals surface area contributed by atoms with Crippen LogP contribution in [0.15, 0.2) is 36.4 Å². The number of carbonyl (C=O) groups excluding carboxylic acids is 1. The maximum absolute atomic E-state index is 14.5. The van der Waals surface area contributed by atoms with Gasteiger partial charge in [-0.25, -0.2) is 18.6 Å². The highest BCUT2D eigenvalue weighted by Crippen LogP contribution is 2.32. The largest absolute Gasteiger partial charge is 0.509 e. The van der Waals surface area contributed by atoms with Crippen molar-refractivity contribution in [2.24, 2.45) is 7.05 Å². The van der Waals surface area contributed by atoms with Crippen LogP contribution in [0.3, 0.4) is 0 Å². The number of hydrogen-bond acceptors (Lipinski definition) is 4. The molecule has 28 heavy (non-hydrogen) atoms. The summed E-state index contributed by atoms with van der Waals surface area (Å²) in [5.41, 5.74) is 0.228. The standard InChI is InChI=1S/C20H19ClF2N2O3/c1-20(2,3)28-19(26)27-17(13-10-12(22)6-7-14(13)23)18-24-15-9-11(21)5-8-16(15)25(18)4/h5-10,17H,1-4H3. The minimum Gasteiger partial charge on any atom is -0.429 e. The van der Waals surface area contributed by atoms with E-state index in [4.69, 9.17) is 21.1 Å². The number of aromatic nitrogens is 2. The van der Waals surface area contributed by atoms with E-state index in [0.29, 0.717) is 16.1 Å². The van der Waals surface area contributed by atoms with Gasteiger partial charge in [-0.05, 0) is 57.2 Å². The number of rotatable bonds is 3. The molecule has 0 fully saturated rings. The van der Waals surface area contributed by atoms with E-state index in [1.807, 2.05) is 0 Å². The molecule has 8 heteroatoms. The van der Waals surface area contributed by atoms with Gasteiger partial charge in [0.05, 0.1) is 11.0 Å². The van der Waals surface area contributed by atoms with Crippen LogP contribution in [-0.2, 0) is 16.5 Å². The monoisotopic (exact) mass is 408 g/mol. The minimum atomic E-state index is -1.32. The number of aryl methyl sites for hydroxylation is 1. The molecule has 3 aromatic rings. The van der Waals surface area contributed by atoms with Gasteiger partial charge in [0.1, 0.15) is 17.2 Å². The third kappa shape index (κ3) is 4.25. The number of halogens is 3. The van der Waals surface area contributed by atoms with Crippen LogP contribution in [0.1, 0.15) is 38.3 Å². The fourth-order valence-electron chi connectivity index (χ4n) is 2.77. The fourth-order valence-corrected chi connectivity index (χ4v) is 2.93. The van der Waals surface area contributed by atoms with Gasteiger partial charge in [0.15, 0.2) is 11.9 Å². The Bertz CT molecular complexity index is 1040. The first-order valence-corrected chi connectivity index (χ1v) is 8.89. The molecule has 0 saturated carbocycles. The van der Waals surface area contributed by atoms with E-state index in [9.17, 15) is 13.6 Å². The zero-order valence-corrected chi connectivity index (χ0v) is 16.6. The quantitative estimate of drug-likeness (QED) is 0.533. The van der Waals surface area contributed by atoms with Gasteiger partial charge in [-0.15, -0.1) is 0 Å². The smallest absolute Gasteiger partial charge is 0.429 e. The van der Waals surface area contributed by atoms with Gasteiger partial charge in [-0.2, -0.15) is 0 Å². The molecule has 0 saturated heterocycles. The minimum absolute atomic E-state index is 0.171. The van der Waals surface area contributed by atoms with Gasteiger partial charge >= 0.3 is 6.16 Å². The molecule has 3 rings (SSSR count). The number of carbonyl (C=O) groups is 1. The van der Waals surface area contributed by atoms with Crippen molar-refractivity contribution in [1.29, 1.82) is 0 Å². The Morgan fingerprint density at radius 3 is 2.57 bits per heavy atom. The van der Waals surface area contributed by atoms with E-state index in [1.54, 1.807) is 50.6 Å². The van der Waals surface area contributed by atoms with Gasteiger partial charge in [0.2, 0.25) is 0 Å². The van der Waals surface area contributed by atoms with Crippen molar-refractivity contribution in [3.63, 3.8) is 0 Å². The first-order chi connectivity index (χ1) is 13.0. The molecule has 0 aliphatic rings. The summed E-state index contributed by atoms with van der Waals surface area (Å²) in [6.07, 6.45) is -2.34. The topological polar surface area (TPSA) is 53.4 Å². The zero-order valence-electron chi connectivity index (χ0n) is 15.8. The summed E-state index contributed by atoms with van der Waals surface area (Å²) < 4.78 is 40.5. The predicted octanol–water partition coefficient (Wildman–Crippen LogP) is 5.55. The lowest BCUT2D eigenvalue weighted by molar-refractivity contribution is -0.0223. The third-order valence-electron chi connectivity index (χ3n) is 3.96. The van der Waals surface area contributed by atoms with Crippen LogP contribution in [-0.4, -0.2) is 21.3 Å². The first kappa shape index (κ1) is 20.1. The van der Waals surface area contributed by atoms with Crippen molar-refractivity contribution in [2.75, 3.05) is 0 Å². The van der Waals surface area contributed by atoms with Gasteiger partial charge < -0.3 is 14.0 Å². The highest BCUT2D eigenvalue weighted by atomic mass is 35.5. The van der Waals surface area contributed by atoms with E-state index >= 15 is 0 Å². The molecule has 0 spiro atoms.